The summed E-state index contributed by atoms with van der Waals surface area (Å²) in [6, 6.07) is 6.99. The number of piperazine rings is 1. The summed E-state index contributed by atoms with van der Waals surface area (Å²) in [5, 5.41) is 2.97. The summed E-state index contributed by atoms with van der Waals surface area (Å²) < 4.78 is 18.0. The number of aryl methyl sites for hydroxylation is 1. The third-order valence-electron chi connectivity index (χ3n) is 6.84. The maximum absolute atomic E-state index is 13.1. The first-order valence-corrected chi connectivity index (χ1v) is 13.3. The van der Waals surface area contributed by atoms with Crippen LogP contribution in [0.25, 0.3) is 5.95 Å². The molecule has 12 nitrogen and oxygen atoms in total. The van der Waals surface area contributed by atoms with Crippen LogP contribution in [0.15, 0.2) is 43.0 Å². The molecule has 3 aromatic rings. The van der Waals surface area contributed by atoms with Crippen LogP contribution in [0.5, 0.6) is 11.5 Å². The van der Waals surface area contributed by atoms with Crippen LogP contribution in [-0.2, 0) is 16.1 Å². The molecule has 40 heavy (non-hydrogen) atoms. The van der Waals surface area contributed by atoms with Gasteiger partial charge in [0.1, 0.15) is 18.2 Å². The van der Waals surface area contributed by atoms with Crippen LogP contribution in [0.2, 0.25) is 0 Å². The summed E-state index contributed by atoms with van der Waals surface area (Å²) in [6.07, 6.45) is 5.29. The van der Waals surface area contributed by atoms with Gasteiger partial charge < -0.3 is 29.3 Å². The zero-order chi connectivity index (χ0) is 28.6. The lowest BCUT2D eigenvalue weighted by Gasteiger charge is -2.41. The van der Waals surface area contributed by atoms with Crippen molar-refractivity contribution in [3.8, 4) is 17.4 Å². The van der Waals surface area contributed by atoms with Crippen LogP contribution in [0.1, 0.15) is 37.9 Å². The van der Waals surface area contributed by atoms with E-state index in [4.69, 9.17) is 19.2 Å². The summed E-state index contributed by atoms with van der Waals surface area (Å²) in [5.41, 5.74) is 1.67. The van der Waals surface area contributed by atoms with Crippen molar-refractivity contribution in [3.05, 3.63) is 54.2 Å². The van der Waals surface area contributed by atoms with Crippen molar-refractivity contribution in [2.75, 3.05) is 38.8 Å². The Hall–Kier alpha value is -4.35. The highest BCUT2D eigenvalue weighted by atomic mass is 16.6. The number of aromatic nitrogens is 4. The van der Waals surface area contributed by atoms with Crippen LogP contribution in [0.4, 0.5) is 10.6 Å². The van der Waals surface area contributed by atoms with Gasteiger partial charge in [0.2, 0.25) is 11.9 Å². The zero-order valence-corrected chi connectivity index (χ0v) is 23.7. The summed E-state index contributed by atoms with van der Waals surface area (Å²) in [5.74, 6) is 2.26. The van der Waals surface area contributed by atoms with E-state index in [2.05, 4.69) is 20.2 Å². The van der Waals surface area contributed by atoms with E-state index in [1.54, 1.807) is 48.5 Å². The molecule has 0 saturated carbocycles. The molecule has 4 rings (SSSR count). The minimum absolute atomic E-state index is 0.109. The highest BCUT2D eigenvalue weighted by molar-refractivity contribution is 5.78. The van der Waals surface area contributed by atoms with Gasteiger partial charge in [-0.3, -0.25) is 9.36 Å². The average Bonchev–Trinajstić information content (AvgIpc) is 3.50. The van der Waals surface area contributed by atoms with E-state index in [0.717, 1.165) is 17.1 Å². The molecule has 2 amide bonds. The quantitative estimate of drug-likeness (QED) is 0.405. The molecule has 2 unspecified atom stereocenters. The number of ether oxygens (including phenoxy) is 3. The van der Waals surface area contributed by atoms with Crippen LogP contribution in [-0.4, -0.2) is 82.4 Å². The van der Waals surface area contributed by atoms with Crippen LogP contribution in [0.3, 0.4) is 0 Å². The van der Waals surface area contributed by atoms with Crippen molar-refractivity contribution < 1.29 is 23.8 Å². The number of amides is 2. The molecule has 0 aliphatic carbocycles. The number of nitrogens with zero attached hydrogens (tertiary/aromatic N) is 6. The maximum Gasteiger partial charge on any atom is 0.410 e. The minimum Gasteiger partial charge on any atom is -0.493 e. The van der Waals surface area contributed by atoms with Crippen molar-refractivity contribution in [2.24, 2.45) is 0 Å². The lowest BCUT2D eigenvalue weighted by atomic mass is 10.1. The van der Waals surface area contributed by atoms with Gasteiger partial charge in [0, 0.05) is 56.8 Å². The number of methoxy groups -OCH3 is 2. The lowest BCUT2D eigenvalue weighted by Crippen LogP contribution is -2.57. The molecule has 1 aliphatic heterocycles. The summed E-state index contributed by atoms with van der Waals surface area (Å²) >= 11 is 0. The smallest absolute Gasteiger partial charge is 0.410 e. The fraction of sp³-hybridized carbons (Fsp3) is 0.464. The molecule has 1 aliphatic rings. The number of anilines is 1. The Balaban J connectivity index is 1.49. The number of hydrogen-bond donors (Lipinski definition) is 1. The SMILES string of the molecule is CCC(C)OC(=O)N1CCN(c2cc(C)nc(-n3ccnc3)n2)CC1CC(=O)NCc1ccc(OC)c(OC)c1. The predicted octanol–water partition coefficient (Wildman–Crippen LogP) is 3.12. The van der Waals surface area contributed by atoms with Gasteiger partial charge in [-0.15, -0.1) is 0 Å². The van der Waals surface area contributed by atoms with Gasteiger partial charge in [-0.1, -0.05) is 13.0 Å². The van der Waals surface area contributed by atoms with Crippen LogP contribution >= 0.6 is 0 Å². The molecule has 1 saturated heterocycles. The van der Waals surface area contributed by atoms with E-state index < -0.39 is 12.1 Å². The number of benzene rings is 1. The number of rotatable bonds is 10. The van der Waals surface area contributed by atoms with Crippen molar-refractivity contribution in [2.45, 2.75) is 52.3 Å². The Morgan fingerprint density at radius 2 is 1.93 bits per heavy atom. The molecule has 2 atom stereocenters. The first-order valence-electron chi connectivity index (χ1n) is 13.3. The van der Waals surface area contributed by atoms with E-state index >= 15 is 0 Å². The number of carbonyl (C=O) groups excluding carboxylic acids is 2. The van der Waals surface area contributed by atoms with Crippen LogP contribution in [0, 0.1) is 6.92 Å². The van der Waals surface area contributed by atoms with Gasteiger partial charge in [-0.05, 0) is 38.0 Å². The highest BCUT2D eigenvalue weighted by Crippen LogP contribution is 2.27. The first-order chi connectivity index (χ1) is 19.3. The van der Waals surface area contributed by atoms with Gasteiger partial charge in [0.05, 0.1) is 20.3 Å². The number of nitrogens with one attached hydrogen (secondary N) is 1. The summed E-state index contributed by atoms with van der Waals surface area (Å²) in [7, 11) is 3.14. The Bertz CT molecular complexity index is 1300. The number of carbonyl (C=O) groups is 2. The third kappa shape index (κ3) is 6.99. The average molecular weight is 552 g/mol. The number of imidazole rings is 1. The lowest BCUT2D eigenvalue weighted by molar-refractivity contribution is -0.122. The van der Waals surface area contributed by atoms with E-state index in [0.29, 0.717) is 50.0 Å². The highest BCUT2D eigenvalue weighted by Gasteiger charge is 2.34. The molecule has 1 N–H and O–H groups in total. The first kappa shape index (κ1) is 28.7. The second kappa shape index (κ2) is 13.1. The van der Waals surface area contributed by atoms with Gasteiger partial charge in [-0.2, -0.15) is 4.98 Å². The number of hydrogen-bond acceptors (Lipinski definition) is 9. The molecule has 1 fully saturated rings. The standard InChI is InChI=1S/C28H37N7O5/c1-6-20(3)40-28(37)35-12-11-33(25-13-19(2)31-27(32-25)34-10-9-29-18-34)17-22(35)15-26(36)30-16-21-7-8-23(38-4)24(14-21)39-5/h7-10,13-14,18,20,22H,6,11-12,15-17H2,1-5H3,(H,30,36). The topological polar surface area (TPSA) is 124 Å². The van der Waals surface area contributed by atoms with Crippen LogP contribution < -0.4 is 19.7 Å². The Morgan fingerprint density at radius 1 is 1.12 bits per heavy atom. The molecule has 2 aromatic heterocycles. The van der Waals surface area contributed by atoms with Gasteiger partial charge in [0.25, 0.3) is 0 Å². The second-order valence-electron chi connectivity index (χ2n) is 9.70. The molecule has 3 heterocycles. The van der Waals surface area contributed by atoms with Crippen molar-refractivity contribution in [1.82, 2.24) is 29.7 Å². The molecule has 1 aromatic carbocycles. The van der Waals surface area contributed by atoms with E-state index in [1.165, 1.54) is 0 Å². The van der Waals surface area contributed by atoms with Crippen molar-refractivity contribution in [3.63, 3.8) is 0 Å². The third-order valence-corrected chi connectivity index (χ3v) is 6.84. The van der Waals surface area contributed by atoms with E-state index in [-0.39, 0.29) is 18.4 Å². The predicted molar refractivity (Wildman–Crippen MR) is 149 cm³/mol. The van der Waals surface area contributed by atoms with Gasteiger partial charge >= 0.3 is 6.09 Å². The summed E-state index contributed by atoms with van der Waals surface area (Å²) in [4.78, 5) is 43.3. The molecule has 0 spiro atoms. The van der Waals surface area contributed by atoms with E-state index in [9.17, 15) is 9.59 Å². The Labute approximate surface area is 234 Å². The fourth-order valence-electron chi connectivity index (χ4n) is 4.47. The monoisotopic (exact) mass is 551 g/mol. The van der Waals surface area contributed by atoms with Crippen molar-refractivity contribution >= 4 is 17.8 Å². The normalized spacial score (nSPS) is 15.9. The Morgan fingerprint density at radius 3 is 2.62 bits per heavy atom. The molecule has 0 bridgehead atoms. The second-order valence-corrected chi connectivity index (χ2v) is 9.70. The van der Waals surface area contributed by atoms with Gasteiger partial charge in [-0.25, -0.2) is 14.8 Å². The summed E-state index contributed by atoms with van der Waals surface area (Å²) in [6.45, 7) is 7.39. The molecule has 214 valence electrons. The van der Waals surface area contributed by atoms with Gasteiger partial charge in [0.15, 0.2) is 11.5 Å². The molecular formula is C28H37N7O5. The minimum atomic E-state index is -0.414. The largest absolute Gasteiger partial charge is 0.493 e. The molecular weight excluding hydrogens is 514 g/mol. The maximum atomic E-state index is 13.1. The van der Waals surface area contributed by atoms with Crippen molar-refractivity contribution in [1.29, 1.82) is 0 Å². The molecule has 0 radical (unpaired) electrons. The fourth-order valence-corrected chi connectivity index (χ4v) is 4.47. The zero-order valence-electron chi connectivity index (χ0n) is 23.7. The Kier molecular flexibility index (Phi) is 9.41. The van der Waals surface area contributed by atoms with E-state index in [1.807, 2.05) is 39.0 Å². The molecule has 12 heteroatoms.